The molecule has 0 aromatic heterocycles. The summed E-state index contributed by atoms with van der Waals surface area (Å²) >= 11 is 0. The van der Waals surface area contributed by atoms with Gasteiger partial charge >= 0.3 is 0 Å². The first-order valence-corrected chi connectivity index (χ1v) is 8.69. The van der Waals surface area contributed by atoms with Gasteiger partial charge in [0.25, 0.3) is 0 Å². The van der Waals surface area contributed by atoms with Crippen LogP contribution < -0.4 is 10.1 Å². The minimum absolute atomic E-state index is 0.209. The van der Waals surface area contributed by atoms with Crippen LogP contribution in [0.1, 0.15) is 23.6 Å². The lowest BCUT2D eigenvalue weighted by Crippen LogP contribution is -2.45. The van der Waals surface area contributed by atoms with Crippen molar-refractivity contribution in [2.45, 2.75) is 19.1 Å². The summed E-state index contributed by atoms with van der Waals surface area (Å²) in [5.41, 5.74) is 2.42. The molecule has 2 aromatic rings. The minimum Gasteiger partial charge on any atom is -0.489 e. The van der Waals surface area contributed by atoms with E-state index in [4.69, 9.17) is 4.74 Å². The summed E-state index contributed by atoms with van der Waals surface area (Å²) in [7, 11) is 0. The highest BCUT2D eigenvalue weighted by Crippen LogP contribution is 2.26. The van der Waals surface area contributed by atoms with Gasteiger partial charge in [-0.05, 0) is 29.7 Å². The second kappa shape index (κ2) is 8.83. The van der Waals surface area contributed by atoms with Gasteiger partial charge in [-0.2, -0.15) is 0 Å². The normalized spacial score (nSPS) is 16.7. The topological polar surface area (TPSA) is 44.7 Å². The number of piperazine rings is 1. The van der Waals surface area contributed by atoms with Crippen LogP contribution >= 0.6 is 0 Å². The Hall–Kier alpha value is -1.88. The largest absolute Gasteiger partial charge is 0.489 e. The Kier molecular flexibility index (Phi) is 6.24. The van der Waals surface area contributed by atoms with Crippen LogP contribution in [0.3, 0.4) is 0 Å². The quantitative estimate of drug-likeness (QED) is 0.821. The molecule has 2 N–H and O–H groups in total. The third kappa shape index (κ3) is 4.57. The summed E-state index contributed by atoms with van der Waals surface area (Å²) in [6, 6.07) is 18.8. The highest BCUT2D eigenvalue weighted by Gasteiger charge is 2.21. The molecule has 0 spiro atoms. The molecule has 0 aliphatic carbocycles. The fourth-order valence-corrected chi connectivity index (χ4v) is 3.20. The van der Waals surface area contributed by atoms with E-state index in [9.17, 15) is 5.11 Å². The van der Waals surface area contributed by atoms with E-state index in [-0.39, 0.29) is 12.6 Å². The fourth-order valence-electron chi connectivity index (χ4n) is 3.20. The molecule has 4 nitrogen and oxygen atoms in total. The van der Waals surface area contributed by atoms with Gasteiger partial charge < -0.3 is 15.2 Å². The van der Waals surface area contributed by atoms with E-state index in [2.05, 4.69) is 34.5 Å². The first-order chi connectivity index (χ1) is 11.9. The molecule has 128 valence electrons. The van der Waals surface area contributed by atoms with Gasteiger partial charge in [-0.15, -0.1) is 0 Å². The van der Waals surface area contributed by atoms with Gasteiger partial charge in [-0.3, -0.25) is 4.90 Å². The number of benzene rings is 2. The van der Waals surface area contributed by atoms with Crippen LogP contribution in [0.25, 0.3) is 0 Å². The summed E-state index contributed by atoms with van der Waals surface area (Å²) in [5.74, 6) is 0.880. The van der Waals surface area contributed by atoms with Crippen molar-refractivity contribution in [2.24, 2.45) is 0 Å². The van der Waals surface area contributed by atoms with Crippen molar-refractivity contribution in [1.82, 2.24) is 10.2 Å². The highest BCUT2D eigenvalue weighted by atomic mass is 16.5. The van der Waals surface area contributed by atoms with Gasteiger partial charge in [0.1, 0.15) is 12.4 Å². The number of ether oxygens (including phenoxy) is 1. The van der Waals surface area contributed by atoms with Crippen molar-refractivity contribution in [1.29, 1.82) is 0 Å². The van der Waals surface area contributed by atoms with Crippen molar-refractivity contribution >= 4 is 0 Å². The number of rotatable bonds is 7. The molecule has 2 aromatic carbocycles. The zero-order valence-corrected chi connectivity index (χ0v) is 14.0. The lowest BCUT2D eigenvalue weighted by atomic mass is 10.0. The van der Waals surface area contributed by atoms with Crippen LogP contribution in [0.15, 0.2) is 54.6 Å². The smallest absolute Gasteiger partial charge is 0.119 e. The second-order valence-corrected chi connectivity index (χ2v) is 6.16. The van der Waals surface area contributed by atoms with Crippen LogP contribution in [-0.2, 0) is 6.61 Å². The minimum atomic E-state index is 0.209. The highest BCUT2D eigenvalue weighted by molar-refractivity contribution is 5.30. The van der Waals surface area contributed by atoms with Crippen molar-refractivity contribution in [2.75, 3.05) is 32.8 Å². The Morgan fingerprint density at radius 2 is 1.71 bits per heavy atom. The fraction of sp³-hybridized carbons (Fsp3) is 0.400. The van der Waals surface area contributed by atoms with E-state index in [1.807, 2.05) is 30.3 Å². The number of aliphatic hydroxyl groups excluding tert-OH is 1. The summed E-state index contributed by atoms with van der Waals surface area (Å²) in [6.07, 6.45) is 0.768. The van der Waals surface area contributed by atoms with Gasteiger partial charge in [0.05, 0.1) is 0 Å². The molecule has 0 radical (unpaired) electrons. The molecule has 1 aliphatic heterocycles. The maximum atomic E-state index is 9.43. The van der Waals surface area contributed by atoms with Gasteiger partial charge in [0.15, 0.2) is 0 Å². The number of hydrogen-bond donors (Lipinski definition) is 2. The summed E-state index contributed by atoms with van der Waals surface area (Å²) in [4.78, 5) is 2.45. The van der Waals surface area contributed by atoms with E-state index in [0.29, 0.717) is 6.61 Å². The Morgan fingerprint density at radius 3 is 2.38 bits per heavy atom. The van der Waals surface area contributed by atoms with E-state index >= 15 is 0 Å². The van der Waals surface area contributed by atoms with Crippen molar-refractivity contribution in [3.8, 4) is 5.75 Å². The average molecular weight is 326 g/mol. The van der Waals surface area contributed by atoms with Crippen LogP contribution in [0.4, 0.5) is 0 Å². The SMILES string of the molecule is OCC[C@@H](c1ccc(OCc2ccccc2)cc1)N1CCNCC1. The number of hydrogen-bond acceptors (Lipinski definition) is 4. The van der Waals surface area contributed by atoms with E-state index in [0.717, 1.165) is 38.3 Å². The zero-order chi connectivity index (χ0) is 16.6. The van der Waals surface area contributed by atoms with Crippen LogP contribution in [0.5, 0.6) is 5.75 Å². The molecule has 24 heavy (non-hydrogen) atoms. The number of nitrogens with zero attached hydrogens (tertiary/aromatic N) is 1. The first kappa shape index (κ1) is 17.0. The molecule has 0 unspecified atom stereocenters. The van der Waals surface area contributed by atoms with Crippen LogP contribution in [0.2, 0.25) is 0 Å². The zero-order valence-electron chi connectivity index (χ0n) is 14.0. The molecule has 0 saturated carbocycles. The predicted molar refractivity (Wildman–Crippen MR) is 96.1 cm³/mol. The summed E-state index contributed by atoms with van der Waals surface area (Å²) in [5, 5.41) is 12.8. The Bertz CT molecular complexity index is 595. The number of nitrogens with one attached hydrogen (secondary N) is 1. The van der Waals surface area contributed by atoms with Crippen molar-refractivity contribution < 1.29 is 9.84 Å². The van der Waals surface area contributed by atoms with Gasteiger partial charge in [0, 0.05) is 38.8 Å². The third-order valence-electron chi connectivity index (χ3n) is 4.51. The lowest BCUT2D eigenvalue weighted by molar-refractivity contribution is 0.141. The Balaban J connectivity index is 1.63. The van der Waals surface area contributed by atoms with Gasteiger partial charge in [0.2, 0.25) is 0 Å². The van der Waals surface area contributed by atoms with Crippen molar-refractivity contribution in [3.05, 3.63) is 65.7 Å². The molecule has 3 rings (SSSR count). The lowest BCUT2D eigenvalue weighted by Gasteiger charge is -2.35. The molecular weight excluding hydrogens is 300 g/mol. The summed E-state index contributed by atoms with van der Waals surface area (Å²) < 4.78 is 5.86. The van der Waals surface area contributed by atoms with E-state index in [1.54, 1.807) is 0 Å². The molecule has 1 aliphatic rings. The maximum absolute atomic E-state index is 9.43. The summed E-state index contributed by atoms with van der Waals surface area (Å²) in [6.45, 7) is 4.87. The van der Waals surface area contributed by atoms with E-state index < -0.39 is 0 Å². The van der Waals surface area contributed by atoms with E-state index in [1.165, 1.54) is 11.1 Å². The predicted octanol–water partition coefficient (Wildman–Crippen LogP) is 2.59. The molecule has 1 saturated heterocycles. The molecule has 4 heteroatoms. The second-order valence-electron chi connectivity index (χ2n) is 6.16. The average Bonchev–Trinajstić information content (AvgIpc) is 2.66. The first-order valence-electron chi connectivity index (χ1n) is 8.69. The van der Waals surface area contributed by atoms with Gasteiger partial charge in [-0.25, -0.2) is 0 Å². The Labute approximate surface area is 144 Å². The van der Waals surface area contributed by atoms with Gasteiger partial charge in [-0.1, -0.05) is 42.5 Å². The molecule has 1 heterocycles. The molecule has 0 amide bonds. The van der Waals surface area contributed by atoms with Crippen LogP contribution in [-0.4, -0.2) is 42.8 Å². The Morgan fingerprint density at radius 1 is 1.00 bits per heavy atom. The monoisotopic (exact) mass is 326 g/mol. The third-order valence-corrected chi connectivity index (χ3v) is 4.51. The molecule has 0 bridgehead atoms. The standard InChI is InChI=1S/C20H26N2O2/c23-15-10-20(22-13-11-21-12-14-22)18-6-8-19(9-7-18)24-16-17-4-2-1-3-5-17/h1-9,20-21,23H,10-16H2/t20-/m0/s1. The molecular formula is C20H26N2O2. The number of aliphatic hydroxyl groups is 1. The van der Waals surface area contributed by atoms with Crippen molar-refractivity contribution in [3.63, 3.8) is 0 Å². The van der Waals surface area contributed by atoms with Crippen LogP contribution in [0, 0.1) is 0 Å². The maximum Gasteiger partial charge on any atom is 0.119 e. The molecule has 1 fully saturated rings. The molecule has 1 atom stereocenters.